The predicted molar refractivity (Wildman–Crippen MR) is 137 cm³/mol. The van der Waals surface area contributed by atoms with Crippen LogP contribution in [0, 0.1) is 0 Å². The molecule has 35 heavy (non-hydrogen) atoms. The van der Waals surface area contributed by atoms with E-state index in [4.69, 9.17) is 9.51 Å². The zero-order valence-corrected chi connectivity index (χ0v) is 20.3. The fraction of sp³-hybridized carbons (Fsp3) is 0.333. The fourth-order valence-corrected chi connectivity index (χ4v) is 4.60. The van der Waals surface area contributed by atoms with Gasteiger partial charge in [-0.25, -0.2) is 4.98 Å². The van der Waals surface area contributed by atoms with E-state index >= 15 is 0 Å². The highest BCUT2D eigenvalue weighted by Gasteiger charge is 2.20. The van der Waals surface area contributed by atoms with Gasteiger partial charge in [0, 0.05) is 31.0 Å². The van der Waals surface area contributed by atoms with Crippen molar-refractivity contribution in [2.75, 3.05) is 11.9 Å². The molecule has 1 aliphatic heterocycles. The summed E-state index contributed by atoms with van der Waals surface area (Å²) in [6.45, 7) is 0.983. The van der Waals surface area contributed by atoms with Crippen molar-refractivity contribution in [1.29, 1.82) is 0 Å². The lowest BCUT2D eigenvalue weighted by atomic mass is 9.91. The van der Waals surface area contributed by atoms with E-state index in [0.717, 1.165) is 60.1 Å². The summed E-state index contributed by atoms with van der Waals surface area (Å²) >= 11 is 0. The number of hydrogen-bond donors (Lipinski definition) is 2. The molecule has 0 fully saturated rings. The van der Waals surface area contributed by atoms with E-state index in [9.17, 15) is 9.90 Å². The van der Waals surface area contributed by atoms with Crippen LogP contribution < -0.4 is 5.32 Å². The first-order chi connectivity index (χ1) is 16.6. The first-order valence-electron chi connectivity index (χ1n) is 11.9. The van der Waals surface area contributed by atoms with Gasteiger partial charge in [-0.2, -0.15) is 4.98 Å². The normalized spacial score (nSPS) is 13.5. The maximum absolute atomic E-state index is 11.5. The molecular formula is C27H29ClN4O3. The molecule has 1 atom stereocenters. The number of carboxylic acid groups (broad SMARTS) is 1. The van der Waals surface area contributed by atoms with Crippen LogP contribution >= 0.6 is 12.4 Å². The molecule has 0 saturated carbocycles. The van der Waals surface area contributed by atoms with Crippen LogP contribution in [0.3, 0.4) is 0 Å². The van der Waals surface area contributed by atoms with Crippen molar-refractivity contribution in [3.05, 3.63) is 83.1 Å². The van der Waals surface area contributed by atoms with Crippen molar-refractivity contribution in [2.45, 2.75) is 50.9 Å². The standard InChI is InChI=1S/C27H28N4O3.ClH/c32-26(33)17-22(21-11-10-18-5-1-2-6-20(18)15-21)16-25-30-24(31-34-25)9-3-8-23-13-12-19-7-4-14-28-27(19)29-23;/h1-2,5-6,10-13,15,22H,3-4,7-9,14,16-17H2,(H,28,29)(H,32,33);1H. The van der Waals surface area contributed by atoms with E-state index in [0.29, 0.717) is 24.6 Å². The van der Waals surface area contributed by atoms with E-state index in [2.05, 4.69) is 33.7 Å². The number of aliphatic carboxylic acids is 1. The van der Waals surface area contributed by atoms with Gasteiger partial charge in [-0.3, -0.25) is 4.79 Å². The molecule has 7 nitrogen and oxygen atoms in total. The van der Waals surface area contributed by atoms with Gasteiger partial charge in [-0.1, -0.05) is 53.7 Å². The molecular weight excluding hydrogens is 464 g/mol. The van der Waals surface area contributed by atoms with Crippen molar-refractivity contribution < 1.29 is 14.4 Å². The molecule has 3 heterocycles. The highest BCUT2D eigenvalue weighted by atomic mass is 35.5. The van der Waals surface area contributed by atoms with Crippen LogP contribution in [-0.2, 0) is 30.5 Å². The molecule has 8 heteroatoms. The van der Waals surface area contributed by atoms with Crippen molar-refractivity contribution in [1.82, 2.24) is 15.1 Å². The minimum atomic E-state index is -0.843. The van der Waals surface area contributed by atoms with Gasteiger partial charge in [0.15, 0.2) is 5.82 Å². The number of pyridine rings is 1. The number of hydrogen-bond acceptors (Lipinski definition) is 6. The van der Waals surface area contributed by atoms with Gasteiger partial charge in [-0.05, 0) is 53.6 Å². The SMILES string of the molecule is Cl.O=C(O)CC(Cc1nc(CCCc2ccc3c(n2)NCCC3)no1)c1ccc2ccccc2c1. The molecule has 1 unspecified atom stereocenters. The zero-order chi connectivity index (χ0) is 23.3. The Labute approximate surface area is 210 Å². The molecule has 0 aliphatic carbocycles. The van der Waals surface area contributed by atoms with E-state index in [1.54, 1.807) is 0 Å². The maximum Gasteiger partial charge on any atom is 0.303 e. The first-order valence-corrected chi connectivity index (χ1v) is 11.9. The minimum absolute atomic E-state index is 0. The molecule has 0 amide bonds. The number of benzene rings is 2. The van der Waals surface area contributed by atoms with Crippen LogP contribution in [0.4, 0.5) is 5.82 Å². The summed E-state index contributed by atoms with van der Waals surface area (Å²) in [5.41, 5.74) is 3.32. The summed E-state index contributed by atoms with van der Waals surface area (Å²) in [6.07, 6.45) is 5.05. The Balaban J connectivity index is 0.00000289. The highest BCUT2D eigenvalue weighted by molar-refractivity contribution is 5.85. The third-order valence-corrected chi connectivity index (χ3v) is 6.38. The van der Waals surface area contributed by atoms with Gasteiger partial charge in [0.1, 0.15) is 5.82 Å². The first kappa shape index (κ1) is 24.7. The summed E-state index contributed by atoms with van der Waals surface area (Å²) in [6, 6.07) is 18.4. The monoisotopic (exact) mass is 492 g/mol. The van der Waals surface area contributed by atoms with E-state index in [1.807, 2.05) is 36.4 Å². The van der Waals surface area contributed by atoms with Gasteiger partial charge in [0.2, 0.25) is 5.89 Å². The number of aromatic nitrogens is 3. The Morgan fingerprint density at radius 2 is 1.91 bits per heavy atom. The second-order valence-electron chi connectivity index (χ2n) is 8.90. The van der Waals surface area contributed by atoms with Gasteiger partial charge < -0.3 is 14.9 Å². The number of rotatable bonds is 9. The van der Waals surface area contributed by atoms with Crippen LogP contribution in [0.1, 0.15) is 53.7 Å². The van der Waals surface area contributed by atoms with E-state index in [-0.39, 0.29) is 24.7 Å². The van der Waals surface area contributed by atoms with Crippen molar-refractivity contribution >= 4 is 35.0 Å². The number of carboxylic acids is 1. The molecule has 0 radical (unpaired) electrons. The number of aryl methyl sites for hydroxylation is 3. The molecule has 4 aromatic rings. The predicted octanol–water partition coefficient (Wildman–Crippen LogP) is 5.37. The van der Waals surface area contributed by atoms with Crippen LogP contribution in [0.5, 0.6) is 0 Å². The third-order valence-electron chi connectivity index (χ3n) is 6.38. The number of fused-ring (bicyclic) bond motifs is 2. The smallest absolute Gasteiger partial charge is 0.303 e. The van der Waals surface area contributed by atoms with Gasteiger partial charge in [0.05, 0.1) is 6.42 Å². The number of carbonyl (C=O) groups is 1. The van der Waals surface area contributed by atoms with Crippen molar-refractivity contribution in [3.8, 4) is 0 Å². The van der Waals surface area contributed by atoms with Crippen LogP contribution in [-0.4, -0.2) is 32.7 Å². The Morgan fingerprint density at radius 3 is 2.77 bits per heavy atom. The maximum atomic E-state index is 11.5. The minimum Gasteiger partial charge on any atom is -0.481 e. The lowest BCUT2D eigenvalue weighted by Crippen LogP contribution is -2.14. The molecule has 182 valence electrons. The lowest BCUT2D eigenvalue weighted by Gasteiger charge is -2.17. The van der Waals surface area contributed by atoms with Crippen LogP contribution in [0.15, 0.2) is 59.1 Å². The van der Waals surface area contributed by atoms with Crippen LogP contribution in [0.25, 0.3) is 10.8 Å². The Morgan fingerprint density at radius 1 is 1.06 bits per heavy atom. The second kappa shape index (κ2) is 11.3. The van der Waals surface area contributed by atoms with Gasteiger partial charge in [0.25, 0.3) is 0 Å². The molecule has 1 aliphatic rings. The van der Waals surface area contributed by atoms with Gasteiger partial charge >= 0.3 is 5.97 Å². The lowest BCUT2D eigenvalue weighted by molar-refractivity contribution is -0.137. The zero-order valence-electron chi connectivity index (χ0n) is 19.4. The number of halogens is 1. The molecule has 2 N–H and O–H groups in total. The molecule has 0 saturated heterocycles. The van der Waals surface area contributed by atoms with E-state index < -0.39 is 5.97 Å². The summed E-state index contributed by atoms with van der Waals surface area (Å²) in [4.78, 5) is 20.8. The number of nitrogens with one attached hydrogen (secondary N) is 1. The van der Waals surface area contributed by atoms with Crippen molar-refractivity contribution in [3.63, 3.8) is 0 Å². The number of nitrogens with zero attached hydrogens (tertiary/aromatic N) is 3. The molecule has 0 bridgehead atoms. The average molecular weight is 493 g/mol. The quantitative estimate of drug-likeness (QED) is 0.323. The largest absolute Gasteiger partial charge is 0.481 e. The summed E-state index contributed by atoms with van der Waals surface area (Å²) in [5, 5.41) is 19.2. The molecule has 2 aromatic heterocycles. The fourth-order valence-electron chi connectivity index (χ4n) is 4.60. The third kappa shape index (κ3) is 6.17. The topological polar surface area (TPSA) is 101 Å². The van der Waals surface area contributed by atoms with E-state index in [1.165, 1.54) is 5.56 Å². The Hall–Kier alpha value is -3.45. The number of anilines is 1. The summed E-state index contributed by atoms with van der Waals surface area (Å²) < 4.78 is 5.48. The Bertz CT molecular complexity index is 1310. The molecule has 2 aromatic carbocycles. The second-order valence-corrected chi connectivity index (χ2v) is 8.90. The molecule has 5 rings (SSSR count). The van der Waals surface area contributed by atoms with Gasteiger partial charge in [-0.15, -0.1) is 12.4 Å². The highest BCUT2D eigenvalue weighted by Crippen LogP contribution is 2.27. The molecule has 0 spiro atoms. The average Bonchev–Trinajstić information content (AvgIpc) is 3.30. The summed E-state index contributed by atoms with van der Waals surface area (Å²) in [7, 11) is 0. The Kier molecular flexibility index (Phi) is 7.98. The van der Waals surface area contributed by atoms with Crippen molar-refractivity contribution in [2.24, 2.45) is 0 Å². The van der Waals surface area contributed by atoms with Crippen LogP contribution in [0.2, 0.25) is 0 Å². The summed E-state index contributed by atoms with van der Waals surface area (Å²) in [5.74, 6) is 1.07.